The lowest BCUT2D eigenvalue weighted by molar-refractivity contribution is 0.0369. The molecule has 2 aliphatic heterocycles. The van der Waals surface area contributed by atoms with Crippen molar-refractivity contribution >= 4 is 32.8 Å². The minimum atomic E-state index is -3.72. The molecular weight excluding hydrogens is 541 g/mol. The van der Waals surface area contributed by atoms with Crippen LogP contribution in [-0.4, -0.2) is 86.3 Å². The Morgan fingerprint density at radius 3 is 2.24 bits per heavy atom. The average Bonchev–Trinajstić information content (AvgIpc) is 3.26. The van der Waals surface area contributed by atoms with Crippen molar-refractivity contribution in [2.75, 3.05) is 59.2 Å². The highest BCUT2D eigenvalue weighted by Gasteiger charge is 2.27. The molecule has 2 saturated heterocycles. The van der Waals surface area contributed by atoms with Crippen LogP contribution in [0.15, 0.2) is 40.4 Å². The maximum absolute atomic E-state index is 14.3. The monoisotopic (exact) mass is 570 g/mol. The topological polar surface area (TPSA) is 76.9 Å². The number of aromatic nitrogens is 2. The summed E-state index contributed by atoms with van der Waals surface area (Å²) in [5.41, 5.74) is 0.975. The number of benzene rings is 2. The SMILES string of the molecule is O=S(=O)(c1ccc2c(c1)nc(SCc1c(F)cc(F)cc1F)n2CCCN1CCOCC1)N1CCOCC1. The summed E-state index contributed by atoms with van der Waals surface area (Å²) in [6.07, 6.45) is 0.798. The number of aryl methyl sites for hydroxylation is 1. The highest BCUT2D eigenvalue weighted by molar-refractivity contribution is 7.98. The summed E-state index contributed by atoms with van der Waals surface area (Å²) in [4.78, 5) is 7.10. The number of fused-ring (bicyclic) bond motifs is 1. The maximum Gasteiger partial charge on any atom is 0.243 e. The first-order chi connectivity index (χ1) is 18.3. The molecule has 2 fully saturated rings. The Morgan fingerprint density at radius 1 is 0.895 bits per heavy atom. The number of sulfonamides is 1. The van der Waals surface area contributed by atoms with E-state index in [0.717, 1.165) is 43.3 Å². The van der Waals surface area contributed by atoms with Gasteiger partial charge in [0.15, 0.2) is 5.16 Å². The van der Waals surface area contributed by atoms with E-state index in [2.05, 4.69) is 9.88 Å². The zero-order chi connectivity index (χ0) is 26.7. The molecule has 0 amide bonds. The second-order valence-electron chi connectivity index (χ2n) is 9.16. The van der Waals surface area contributed by atoms with E-state index in [4.69, 9.17) is 9.47 Å². The zero-order valence-electron chi connectivity index (χ0n) is 20.7. The van der Waals surface area contributed by atoms with Gasteiger partial charge in [-0.3, -0.25) is 4.90 Å². The van der Waals surface area contributed by atoms with Gasteiger partial charge in [-0.2, -0.15) is 4.31 Å². The first-order valence-electron chi connectivity index (χ1n) is 12.5. The number of rotatable bonds is 9. The Kier molecular flexibility index (Phi) is 8.60. The van der Waals surface area contributed by atoms with Crippen LogP contribution < -0.4 is 0 Å². The van der Waals surface area contributed by atoms with Crippen LogP contribution in [0.3, 0.4) is 0 Å². The minimum absolute atomic E-state index is 0.0936. The lowest BCUT2D eigenvalue weighted by atomic mass is 10.2. The van der Waals surface area contributed by atoms with E-state index < -0.39 is 27.5 Å². The van der Waals surface area contributed by atoms with E-state index in [-0.39, 0.29) is 29.3 Å². The fourth-order valence-electron chi connectivity index (χ4n) is 4.63. The van der Waals surface area contributed by atoms with E-state index in [9.17, 15) is 21.6 Å². The van der Waals surface area contributed by atoms with Crippen molar-refractivity contribution in [2.45, 2.75) is 28.8 Å². The smallest absolute Gasteiger partial charge is 0.243 e. The van der Waals surface area contributed by atoms with E-state index in [1.165, 1.54) is 4.31 Å². The first kappa shape index (κ1) is 27.4. The third-order valence-corrected chi connectivity index (χ3v) is 9.60. The third kappa shape index (κ3) is 6.02. The lowest BCUT2D eigenvalue weighted by Gasteiger charge is -2.26. The molecule has 206 valence electrons. The molecule has 0 aliphatic carbocycles. The lowest BCUT2D eigenvalue weighted by Crippen LogP contribution is -2.40. The molecule has 38 heavy (non-hydrogen) atoms. The number of halogens is 3. The molecular formula is C25H29F3N4O4S2. The molecule has 0 saturated carbocycles. The van der Waals surface area contributed by atoms with Crippen LogP contribution in [0, 0.1) is 17.5 Å². The summed E-state index contributed by atoms with van der Waals surface area (Å²) >= 11 is 1.13. The van der Waals surface area contributed by atoms with Crippen LogP contribution in [-0.2, 0) is 31.8 Å². The van der Waals surface area contributed by atoms with Crippen molar-refractivity contribution in [2.24, 2.45) is 0 Å². The van der Waals surface area contributed by atoms with Gasteiger partial charge in [-0.15, -0.1) is 0 Å². The van der Waals surface area contributed by atoms with Crippen molar-refractivity contribution in [3.05, 3.63) is 53.3 Å². The van der Waals surface area contributed by atoms with Crippen LogP contribution in [0.25, 0.3) is 11.0 Å². The van der Waals surface area contributed by atoms with Gasteiger partial charge >= 0.3 is 0 Å². The summed E-state index contributed by atoms with van der Waals surface area (Å²) < 4.78 is 82.3. The molecule has 8 nitrogen and oxygen atoms in total. The number of thioether (sulfide) groups is 1. The molecule has 0 atom stereocenters. The molecule has 13 heteroatoms. The standard InChI is InChI=1S/C25H29F3N4O4S2/c26-18-14-21(27)20(22(28)15-18)17-37-25-29-23-16-19(38(33,34)31-8-12-36-13-9-31)2-3-24(23)32(25)5-1-4-30-6-10-35-11-7-30/h2-3,14-16H,1,4-13,17H2. The average molecular weight is 571 g/mol. The maximum atomic E-state index is 14.3. The van der Waals surface area contributed by atoms with Gasteiger partial charge in [-0.25, -0.2) is 26.6 Å². The molecule has 3 heterocycles. The van der Waals surface area contributed by atoms with Crippen LogP contribution in [0.1, 0.15) is 12.0 Å². The normalized spacial score (nSPS) is 17.9. The summed E-state index contributed by atoms with van der Waals surface area (Å²) in [7, 11) is -3.72. The van der Waals surface area contributed by atoms with E-state index in [0.29, 0.717) is 55.8 Å². The molecule has 2 aliphatic rings. The van der Waals surface area contributed by atoms with Crippen molar-refractivity contribution in [3.8, 4) is 0 Å². The van der Waals surface area contributed by atoms with E-state index >= 15 is 0 Å². The molecule has 2 aromatic carbocycles. The molecule has 5 rings (SSSR count). The molecule has 0 spiro atoms. The largest absolute Gasteiger partial charge is 0.379 e. The Bertz CT molecular complexity index is 1370. The second kappa shape index (κ2) is 11.9. The first-order valence-corrected chi connectivity index (χ1v) is 14.9. The third-order valence-electron chi connectivity index (χ3n) is 6.70. The van der Waals surface area contributed by atoms with Gasteiger partial charge in [0.25, 0.3) is 0 Å². The Morgan fingerprint density at radius 2 is 1.55 bits per heavy atom. The highest BCUT2D eigenvalue weighted by atomic mass is 32.2. The summed E-state index contributed by atoms with van der Waals surface area (Å²) in [6.45, 7) is 5.80. The predicted molar refractivity (Wildman–Crippen MR) is 137 cm³/mol. The van der Waals surface area contributed by atoms with Gasteiger partial charge in [0.2, 0.25) is 10.0 Å². The Balaban J connectivity index is 1.42. The number of imidazole rings is 1. The van der Waals surface area contributed by atoms with Crippen LogP contribution >= 0.6 is 11.8 Å². The van der Waals surface area contributed by atoms with Gasteiger partial charge in [0.1, 0.15) is 17.5 Å². The molecule has 0 radical (unpaired) electrons. The van der Waals surface area contributed by atoms with Crippen molar-refractivity contribution in [3.63, 3.8) is 0 Å². The van der Waals surface area contributed by atoms with Gasteiger partial charge in [-0.1, -0.05) is 11.8 Å². The van der Waals surface area contributed by atoms with E-state index in [1.807, 2.05) is 4.57 Å². The zero-order valence-corrected chi connectivity index (χ0v) is 22.4. The number of hydrogen-bond acceptors (Lipinski definition) is 7. The number of hydrogen-bond donors (Lipinski definition) is 0. The number of nitrogens with zero attached hydrogens (tertiary/aromatic N) is 4. The van der Waals surface area contributed by atoms with Crippen molar-refractivity contribution in [1.29, 1.82) is 0 Å². The molecule has 0 bridgehead atoms. The van der Waals surface area contributed by atoms with Crippen molar-refractivity contribution in [1.82, 2.24) is 18.8 Å². The molecule has 0 unspecified atom stereocenters. The Hall–Kier alpha value is -2.16. The molecule has 3 aromatic rings. The van der Waals surface area contributed by atoms with Gasteiger partial charge < -0.3 is 14.0 Å². The van der Waals surface area contributed by atoms with Crippen LogP contribution in [0.5, 0.6) is 0 Å². The minimum Gasteiger partial charge on any atom is -0.379 e. The van der Waals surface area contributed by atoms with Crippen LogP contribution in [0.2, 0.25) is 0 Å². The number of ether oxygens (including phenoxy) is 2. The summed E-state index contributed by atoms with van der Waals surface area (Å²) in [5, 5.41) is 0.506. The molecule has 0 N–H and O–H groups in total. The molecule has 1 aromatic heterocycles. The van der Waals surface area contributed by atoms with E-state index in [1.54, 1.807) is 18.2 Å². The number of morpholine rings is 2. The van der Waals surface area contributed by atoms with Crippen molar-refractivity contribution < 1.29 is 31.1 Å². The summed E-state index contributed by atoms with van der Waals surface area (Å²) in [6, 6.07) is 6.16. The second-order valence-corrected chi connectivity index (χ2v) is 12.0. The Labute approximate surface area is 223 Å². The fraction of sp³-hybridized carbons (Fsp3) is 0.480. The van der Waals surface area contributed by atoms with Gasteiger partial charge in [0.05, 0.1) is 42.4 Å². The summed E-state index contributed by atoms with van der Waals surface area (Å²) in [5.74, 6) is -2.98. The predicted octanol–water partition coefficient (Wildman–Crippen LogP) is 3.49. The quantitative estimate of drug-likeness (QED) is 0.365. The fourth-order valence-corrected chi connectivity index (χ4v) is 7.12. The highest BCUT2D eigenvalue weighted by Crippen LogP contribution is 2.31. The van der Waals surface area contributed by atoms with Crippen LogP contribution in [0.4, 0.5) is 13.2 Å². The van der Waals surface area contributed by atoms with Gasteiger partial charge in [0, 0.05) is 62.7 Å². The van der Waals surface area contributed by atoms with Gasteiger partial charge in [-0.05, 0) is 24.6 Å².